The molecular formula is C30H32N8O2. The number of aryl methyl sites for hydroxylation is 1. The Morgan fingerprint density at radius 1 is 0.975 bits per heavy atom. The normalized spacial score (nSPS) is 12.1. The molecule has 6 N–H and O–H groups in total. The predicted octanol–water partition coefficient (Wildman–Crippen LogP) is 5.96. The molecule has 0 spiro atoms. The Bertz CT molecular complexity index is 1540. The van der Waals surface area contributed by atoms with E-state index in [4.69, 9.17) is 16.2 Å². The monoisotopic (exact) mass is 536 g/mol. The molecule has 2 aromatic carbocycles. The van der Waals surface area contributed by atoms with Gasteiger partial charge in [0.1, 0.15) is 17.4 Å². The average Bonchev–Trinajstić information content (AvgIpc) is 2.91. The molecule has 0 bridgehead atoms. The molecule has 4 aromatic rings. The second-order valence-corrected chi connectivity index (χ2v) is 10.0. The summed E-state index contributed by atoms with van der Waals surface area (Å²) in [5, 5.41) is 5.47. The standard InChI is InChI=1S/C30H32N8O2/c1-19-8-5-6-10-24(19)37-26(16-25(31)30(2,3)4)38-28(39)36-21-17-34-29(35-18-21)40-22-13-11-20(12-14-22)23-9-7-15-33-27(23)32/h5-18H,31H2,1-4H3,(H2,32,33)(H2,36,37,38,39). The summed E-state index contributed by atoms with van der Waals surface area (Å²) in [7, 11) is 0. The first-order valence-electron chi connectivity index (χ1n) is 12.6. The van der Waals surface area contributed by atoms with Crippen LogP contribution in [0.3, 0.4) is 0 Å². The first-order chi connectivity index (χ1) is 19.1. The maximum Gasteiger partial charge on any atom is 0.324 e. The lowest BCUT2D eigenvalue weighted by Crippen LogP contribution is -2.34. The number of amidine groups is 1. The van der Waals surface area contributed by atoms with Crippen LogP contribution in [0.5, 0.6) is 11.8 Å². The molecule has 2 aromatic heterocycles. The van der Waals surface area contributed by atoms with Crippen LogP contribution in [0.4, 0.5) is 22.0 Å². The van der Waals surface area contributed by atoms with Gasteiger partial charge in [0.05, 0.1) is 23.8 Å². The van der Waals surface area contributed by atoms with Crippen LogP contribution in [0.2, 0.25) is 0 Å². The predicted molar refractivity (Wildman–Crippen MR) is 158 cm³/mol. The first kappa shape index (κ1) is 27.8. The summed E-state index contributed by atoms with van der Waals surface area (Å²) in [5.41, 5.74) is 16.3. The topological polar surface area (TPSA) is 153 Å². The number of rotatable bonds is 6. The fourth-order valence-electron chi connectivity index (χ4n) is 3.46. The Hall–Kier alpha value is -5.25. The van der Waals surface area contributed by atoms with Gasteiger partial charge in [-0.2, -0.15) is 0 Å². The smallest absolute Gasteiger partial charge is 0.324 e. The minimum Gasteiger partial charge on any atom is -0.424 e. The molecule has 0 aliphatic heterocycles. The molecule has 204 valence electrons. The third-order valence-electron chi connectivity index (χ3n) is 5.86. The van der Waals surface area contributed by atoms with E-state index in [1.54, 1.807) is 24.4 Å². The summed E-state index contributed by atoms with van der Waals surface area (Å²) < 4.78 is 5.74. The Morgan fingerprint density at radius 2 is 1.68 bits per heavy atom. The average molecular weight is 537 g/mol. The van der Waals surface area contributed by atoms with E-state index in [2.05, 4.69) is 30.6 Å². The van der Waals surface area contributed by atoms with Crippen LogP contribution in [0.25, 0.3) is 11.1 Å². The lowest BCUT2D eigenvalue weighted by molar-refractivity contribution is 0.256. The Morgan fingerprint density at radius 3 is 2.33 bits per heavy atom. The van der Waals surface area contributed by atoms with E-state index in [1.807, 2.05) is 76.2 Å². The number of allylic oxidation sites excluding steroid dienone is 1. The first-order valence-corrected chi connectivity index (χ1v) is 12.6. The van der Waals surface area contributed by atoms with Crippen LogP contribution in [0.1, 0.15) is 26.3 Å². The van der Waals surface area contributed by atoms with Gasteiger partial charge < -0.3 is 21.5 Å². The fraction of sp³-hybridized carbons (Fsp3) is 0.167. The summed E-state index contributed by atoms with van der Waals surface area (Å²) in [5.74, 6) is 1.30. The number of hydrogen-bond donors (Lipinski definition) is 4. The van der Waals surface area contributed by atoms with E-state index >= 15 is 0 Å². The molecule has 0 aliphatic rings. The van der Waals surface area contributed by atoms with Crippen molar-refractivity contribution in [3.8, 4) is 22.9 Å². The fourth-order valence-corrected chi connectivity index (χ4v) is 3.46. The summed E-state index contributed by atoms with van der Waals surface area (Å²) in [4.78, 5) is 29.9. The van der Waals surface area contributed by atoms with E-state index in [9.17, 15) is 4.79 Å². The summed E-state index contributed by atoms with van der Waals surface area (Å²) in [6, 6.07) is 18.3. The third-order valence-corrected chi connectivity index (χ3v) is 5.86. The number of urea groups is 1. The van der Waals surface area contributed by atoms with Crippen molar-refractivity contribution in [2.45, 2.75) is 27.7 Å². The molecule has 2 amide bonds. The van der Waals surface area contributed by atoms with Gasteiger partial charge >= 0.3 is 12.0 Å². The van der Waals surface area contributed by atoms with Crippen LogP contribution in [0.15, 0.2) is 96.0 Å². The Kier molecular flexibility index (Phi) is 8.39. The minimum absolute atomic E-state index is 0.127. The van der Waals surface area contributed by atoms with E-state index in [1.165, 1.54) is 12.4 Å². The number of pyridine rings is 1. The number of hydrogen-bond acceptors (Lipinski definition) is 8. The number of anilines is 2. The number of benzene rings is 2. The van der Waals surface area contributed by atoms with Gasteiger partial charge in [0.25, 0.3) is 0 Å². The van der Waals surface area contributed by atoms with Crippen molar-refractivity contribution < 1.29 is 9.53 Å². The number of carbonyl (C=O) groups is 1. The second kappa shape index (κ2) is 12.1. The van der Waals surface area contributed by atoms with Crippen LogP contribution in [-0.4, -0.2) is 26.8 Å². The molecule has 0 aliphatic carbocycles. The SMILES string of the molecule is Cc1ccccc1N=C(C=C(N)C(C)(C)C)NC(=O)Nc1cnc(Oc2ccc(-c3cccnc3N)cc2)nc1. The molecule has 0 unspecified atom stereocenters. The van der Waals surface area contributed by atoms with Crippen LogP contribution < -0.4 is 26.8 Å². The zero-order chi connectivity index (χ0) is 28.7. The number of nitrogens with zero attached hydrogens (tertiary/aromatic N) is 4. The number of nitrogens with one attached hydrogen (secondary N) is 2. The molecule has 4 rings (SSSR count). The van der Waals surface area contributed by atoms with Crippen molar-refractivity contribution in [3.63, 3.8) is 0 Å². The van der Waals surface area contributed by atoms with Crippen molar-refractivity contribution in [2.75, 3.05) is 11.1 Å². The highest BCUT2D eigenvalue weighted by Gasteiger charge is 2.16. The Balaban J connectivity index is 1.42. The number of carbonyl (C=O) groups excluding carboxylic acids is 1. The maximum atomic E-state index is 12.8. The minimum atomic E-state index is -0.521. The molecule has 0 atom stereocenters. The van der Waals surface area contributed by atoms with E-state index in [-0.39, 0.29) is 11.4 Å². The molecule has 0 saturated carbocycles. The summed E-state index contributed by atoms with van der Waals surface area (Å²) in [6.07, 6.45) is 6.20. The zero-order valence-corrected chi connectivity index (χ0v) is 22.8. The third kappa shape index (κ3) is 7.41. The number of nitrogens with two attached hydrogens (primary N) is 2. The molecular weight excluding hydrogens is 504 g/mol. The molecule has 10 nitrogen and oxygen atoms in total. The van der Waals surface area contributed by atoms with Gasteiger partial charge in [-0.25, -0.2) is 24.7 Å². The maximum absolute atomic E-state index is 12.8. The van der Waals surface area contributed by atoms with Crippen LogP contribution >= 0.6 is 0 Å². The molecule has 0 saturated heterocycles. The number of para-hydroxylation sites is 1. The molecule has 10 heteroatoms. The number of amides is 2. The van der Waals surface area contributed by atoms with Gasteiger partial charge in [-0.1, -0.05) is 51.1 Å². The van der Waals surface area contributed by atoms with Gasteiger partial charge in [-0.05, 0) is 48.4 Å². The second-order valence-electron chi connectivity index (χ2n) is 10.0. The molecule has 2 heterocycles. The van der Waals surface area contributed by atoms with Crippen molar-refractivity contribution in [1.29, 1.82) is 0 Å². The van der Waals surface area contributed by atoms with Gasteiger partial charge in [-0.3, -0.25) is 5.32 Å². The highest BCUT2D eigenvalue weighted by molar-refractivity contribution is 6.08. The zero-order valence-electron chi connectivity index (χ0n) is 22.8. The lowest BCUT2D eigenvalue weighted by atomic mass is 9.92. The highest BCUT2D eigenvalue weighted by Crippen LogP contribution is 2.27. The van der Waals surface area contributed by atoms with E-state index < -0.39 is 6.03 Å². The Labute approximate surface area is 233 Å². The van der Waals surface area contributed by atoms with Gasteiger partial charge in [0, 0.05) is 28.9 Å². The van der Waals surface area contributed by atoms with E-state index in [0.717, 1.165) is 22.4 Å². The van der Waals surface area contributed by atoms with Crippen molar-refractivity contribution in [2.24, 2.45) is 16.1 Å². The number of aromatic nitrogens is 3. The van der Waals surface area contributed by atoms with Crippen molar-refractivity contribution >= 4 is 29.1 Å². The highest BCUT2D eigenvalue weighted by atomic mass is 16.5. The summed E-state index contributed by atoms with van der Waals surface area (Å²) >= 11 is 0. The van der Waals surface area contributed by atoms with Gasteiger partial charge in [-0.15, -0.1) is 0 Å². The van der Waals surface area contributed by atoms with Gasteiger partial charge in [0.2, 0.25) is 0 Å². The number of aliphatic imine (C=N–C) groups is 1. The quantitative estimate of drug-likeness (QED) is 0.175. The molecule has 0 radical (unpaired) electrons. The van der Waals surface area contributed by atoms with E-state index in [0.29, 0.717) is 28.8 Å². The van der Waals surface area contributed by atoms with Gasteiger partial charge in [0.15, 0.2) is 0 Å². The molecule has 40 heavy (non-hydrogen) atoms. The molecule has 0 fully saturated rings. The summed E-state index contributed by atoms with van der Waals surface area (Å²) in [6.45, 7) is 7.89. The van der Waals surface area contributed by atoms with Crippen molar-refractivity contribution in [1.82, 2.24) is 20.3 Å². The number of ether oxygens (including phenoxy) is 1. The van der Waals surface area contributed by atoms with Crippen molar-refractivity contribution in [3.05, 3.63) is 96.6 Å². The lowest BCUT2D eigenvalue weighted by Gasteiger charge is -2.19. The van der Waals surface area contributed by atoms with Crippen LogP contribution in [-0.2, 0) is 0 Å². The number of nitrogen functional groups attached to an aromatic ring is 1. The van der Waals surface area contributed by atoms with Crippen LogP contribution in [0, 0.1) is 12.3 Å². The largest absolute Gasteiger partial charge is 0.424 e.